The molecule has 0 bridgehead atoms. The maximum Gasteiger partial charge on any atom is 0.250 e. The van der Waals surface area contributed by atoms with E-state index >= 15 is 0 Å². The Labute approximate surface area is 275 Å². The summed E-state index contributed by atoms with van der Waals surface area (Å²) in [5.74, 6) is -0.210. The summed E-state index contributed by atoms with van der Waals surface area (Å²) in [6.45, 7) is 18.6. The number of benzene rings is 3. The number of halogens is 1. The van der Waals surface area contributed by atoms with Crippen LogP contribution in [-0.2, 0) is 17.9 Å². The van der Waals surface area contributed by atoms with Crippen LogP contribution in [0.25, 0.3) is 0 Å². The molecule has 7 heteroatoms. The van der Waals surface area contributed by atoms with Crippen LogP contribution in [0.5, 0.6) is 0 Å². The van der Waals surface area contributed by atoms with Gasteiger partial charge in [-0.1, -0.05) is 43.7 Å². The van der Waals surface area contributed by atoms with E-state index in [-0.39, 0.29) is 18.3 Å². The van der Waals surface area contributed by atoms with Crippen LogP contribution in [-0.4, -0.2) is 76.7 Å². The lowest BCUT2D eigenvalue weighted by Gasteiger charge is -2.43. The van der Waals surface area contributed by atoms with Crippen molar-refractivity contribution in [2.24, 2.45) is 0 Å². The van der Waals surface area contributed by atoms with E-state index in [1.165, 1.54) is 51.1 Å². The predicted molar refractivity (Wildman–Crippen MR) is 185 cm³/mol. The highest BCUT2D eigenvalue weighted by Gasteiger charge is 2.54. The quantitative estimate of drug-likeness (QED) is 0.243. The van der Waals surface area contributed by atoms with E-state index in [4.69, 9.17) is 0 Å². The molecule has 2 heterocycles. The highest BCUT2D eigenvalue weighted by molar-refractivity contribution is 5.93. The summed E-state index contributed by atoms with van der Waals surface area (Å²) in [6, 6.07) is 16.9. The molecule has 6 nitrogen and oxygen atoms in total. The van der Waals surface area contributed by atoms with Gasteiger partial charge in [0.2, 0.25) is 5.91 Å². The van der Waals surface area contributed by atoms with Gasteiger partial charge in [-0.15, -0.1) is 0 Å². The van der Waals surface area contributed by atoms with Crippen molar-refractivity contribution in [1.29, 1.82) is 0 Å². The van der Waals surface area contributed by atoms with Crippen LogP contribution in [0.1, 0.15) is 71.6 Å². The number of hydrogen-bond acceptors (Lipinski definition) is 5. The van der Waals surface area contributed by atoms with Gasteiger partial charge in [-0.05, 0) is 124 Å². The Balaban J connectivity index is 1.32. The number of anilines is 1. The largest absolute Gasteiger partial charge is 0.390 e. The van der Waals surface area contributed by atoms with Gasteiger partial charge in [0.05, 0.1) is 12.8 Å². The molecule has 1 unspecified atom stereocenters. The molecular weight excluding hydrogens is 575 g/mol. The standard InChI is InChI=1S/C39H53FN4O2/c1-7-8-20-42(23-33-12-10-9-11-13-33)24-36(45)25-43-27-44(35-16-14-34(40)15-17-35)39(38(43)46)18-21-41(22-19-39)26-37-31(5)29(3)28(2)30(4)32(37)6/h9-17,36,45H,7-8,18-27H2,1-6H3. The lowest BCUT2D eigenvalue weighted by molar-refractivity contribution is -0.135. The summed E-state index contributed by atoms with van der Waals surface area (Å²) in [4.78, 5) is 23.2. The molecule has 0 saturated carbocycles. The highest BCUT2D eigenvalue weighted by Crippen LogP contribution is 2.40. The molecule has 3 aromatic rings. The van der Waals surface area contributed by atoms with Crippen molar-refractivity contribution in [3.05, 3.63) is 99.4 Å². The van der Waals surface area contributed by atoms with E-state index in [9.17, 15) is 14.3 Å². The van der Waals surface area contributed by atoms with Crippen LogP contribution in [0.4, 0.5) is 10.1 Å². The zero-order valence-electron chi connectivity index (χ0n) is 28.8. The topological polar surface area (TPSA) is 50.3 Å². The number of carbonyl (C=O) groups excluding carboxylic acids is 1. The number of aliphatic hydroxyl groups excluding tert-OH is 1. The van der Waals surface area contributed by atoms with E-state index < -0.39 is 11.6 Å². The van der Waals surface area contributed by atoms with Gasteiger partial charge in [0.15, 0.2) is 0 Å². The Kier molecular flexibility index (Phi) is 10.9. The molecule has 1 spiro atoms. The molecule has 1 atom stereocenters. The van der Waals surface area contributed by atoms with Gasteiger partial charge in [-0.25, -0.2) is 4.39 Å². The first-order valence-electron chi connectivity index (χ1n) is 17.1. The number of β-amino-alcohol motifs (C(OH)–C–C–N with tert-alkyl or cyclic N) is 1. The van der Waals surface area contributed by atoms with Gasteiger partial charge in [-0.2, -0.15) is 0 Å². The third kappa shape index (κ3) is 7.17. The normalized spacial score (nSPS) is 17.5. The first kappa shape index (κ1) is 34.1. The molecule has 1 amide bonds. The number of aliphatic hydroxyl groups is 1. The molecule has 2 aliphatic heterocycles. The molecular formula is C39H53FN4O2. The second-order valence-electron chi connectivity index (χ2n) is 13.7. The molecule has 248 valence electrons. The van der Waals surface area contributed by atoms with E-state index in [1.54, 1.807) is 12.1 Å². The van der Waals surface area contributed by atoms with Gasteiger partial charge in [0, 0.05) is 45.0 Å². The zero-order chi connectivity index (χ0) is 33.0. The second kappa shape index (κ2) is 14.7. The van der Waals surface area contributed by atoms with Crippen molar-refractivity contribution in [1.82, 2.24) is 14.7 Å². The van der Waals surface area contributed by atoms with Crippen molar-refractivity contribution in [3.8, 4) is 0 Å². The number of nitrogens with zero attached hydrogens (tertiary/aromatic N) is 4. The third-order valence-electron chi connectivity index (χ3n) is 10.8. The van der Waals surface area contributed by atoms with Crippen LogP contribution in [0.2, 0.25) is 0 Å². The molecule has 2 saturated heterocycles. The highest BCUT2D eigenvalue weighted by atomic mass is 19.1. The fourth-order valence-corrected chi connectivity index (χ4v) is 7.54. The van der Waals surface area contributed by atoms with Crippen molar-refractivity contribution >= 4 is 11.6 Å². The van der Waals surface area contributed by atoms with Gasteiger partial charge in [0.25, 0.3) is 0 Å². The predicted octanol–water partition coefficient (Wildman–Crippen LogP) is 6.67. The number of carbonyl (C=O) groups is 1. The van der Waals surface area contributed by atoms with E-state index in [0.29, 0.717) is 26.1 Å². The van der Waals surface area contributed by atoms with Crippen molar-refractivity contribution in [2.45, 2.75) is 92.0 Å². The van der Waals surface area contributed by atoms with E-state index in [2.05, 4.69) is 68.4 Å². The molecule has 3 aromatic carbocycles. The Hall–Kier alpha value is -3.26. The number of unbranched alkanes of at least 4 members (excludes halogenated alkanes) is 1. The summed E-state index contributed by atoms with van der Waals surface area (Å²) >= 11 is 0. The fraction of sp³-hybridized carbons (Fsp3) is 0.513. The molecule has 5 rings (SSSR count). The Morgan fingerprint density at radius 3 is 2.11 bits per heavy atom. The number of amides is 1. The van der Waals surface area contributed by atoms with Gasteiger partial charge < -0.3 is 14.9 Å². The minimum atomic E-state index is -0.705. The average molecular weight is 629 g/mol. The lowest BCUT2D eigenvalue weighted by atomic mass is 9.84. The van der Waals surface area contributed by atoms with E-state index in [1.807, 2.05) is 23.1 Å². The summed E-state index contributed by atoms with van der Waals surface area (Å²) < 4.78 is 14.0. The van der Waals surface area contributed by atoms with Gasteiger partial charge in [-0.3, -0.25) is 14.6 Å². The summed E-state index contributed by atoms with van der Waals surface area (Å²) in [5.41, 5.74) is 9.61. The van der Waals surface area contributed by atoms with Crippen LogP contribution in [0.15, 0.2) is 54.6 Å². The van der Waals surface area contributed by atoms with Crippen LogP contribution >= 0.6 is 0 Å². The second-order valence-corrected chi connectivity index (χ2v) is 13.7. The molecule has 0 aromatic heterocycles. The van der Waals surface area contributed by atoms with Gasteiger partial charge in [0.1, 0.15) is 11.4 Å². The molecule has 46 heavy (non-hydrogen) atoms. The fourth-order valence-electron chi connectivity index (χ4n) is 7.54. The average Bonchev–Trinajstić information content (AvgIpc) is 3.31. The number of piperidine rings is 1. The maximum atomic E-state index is 14.4. The number of hydrogen-bond donors (Lipinski definition) is 1. The maximum absolute atomic E-state index is 14.4. The smallest absolute Gasteiger partial charge is 0.250 e. The van der Waals surface area contributed by atoms with Crippen molar-refractivity contribution in [3.63, 3.8) is 0 Å². The minimum Gasteiger partial charge on any atom is -0.390 e. The Morgan fingerprint density at radius 2 is 1.50 bits per heavy atom. The summed E-state index contributed by atoms with van der Waals surface area (Å²) in [5, 5.41) is 11.4. The van der Waals surface area contributed by atoms with Crippen LogP contribution in [0, 0.1) is 40.4 Å². The first-order chi connectivity index (χ1) is 22.0. The van der Waals surface area contributed by atoms with Gasteiger partial charge >= 0.3 is 0 Å². The SMILES string of the molecule is CCCCN(Cc1ccccc1)CC(O)CN1CN(c2ccc(F)cc2)C2(CCN(Cc3c(C)c(C)c(C)c(C)c3C)CC2)C1=O. The summed E-state index contributed by atoms with van der Waals surface area (Å²) in [7, 11) is 0. The van der Waals surface area contributed by atoms with Crippen molar-refractivity contribution < 1.29 is 14.3 Å². The zero-order valence-corrected chi connectivity index (χ0v) is 28.8. The van der Waals surface area contributed by atoms with E-state index in [0.717, 1.165) is 51.3 Å². The number of rotatable bonds is 12. The molecule has 1 N–H and O–H groups in total. The molecule has 0 aliphatic carbocycles. The lowest BCUT2D eigenvalue weighted by Crippen LogP contribution is -2.56. The molecule has 2 fully saturated rings. The minimum absolute atomic E-state index is 0.0769. The molecule has 0 radical (unpaired) electrons. The first-order valence-corrected chi connectivity index (χ1v) is 17.1. The van der Waals surface area contributed by atoms with Crippen molar-refractivity contribution in [2.75, 3.05) is 44.3 Å². The number of likely N-dealkylation sites (tertiary alicyclic amines) is 1. The Bertz CT molecular complexity index is 1460. The summed E-state index contributed by atoms with van der Waals surface area (Å²) in [6.07, 6.45) is 2.85. The van der Waals surface area contributed by atoms with Crippen LogP contribution < -0.4 is 4.90 Å². The monoisotopic (exact) mass is 628 g/mol. The molecule has 2 aliphatic rings. The third-order valence-corrected chi connectivity index (χ3v) is 10.8. The Morgan fingerprint density at radius 1 is 0.891 bits per heavy atom. The van der Waals surface area contributed by atoms with Crippen LogP contribution in [0.3, 0.4) is 0 Å².